The topological polar surface area (TPSA) is 76.7 Å². The van der Waals surface area contributed by atoms with Crippen molar-refractivity contribution < 1.29 is 4.39 Å². The van der Waals surface area contributed by atoms with Gasteiger partial charge in [0.1, 0.15) is 0 Å². The zero-order valence-electron chi connectivity index (χ0n) is 14.3. The minimum Gasteiger partial charge on any atom is -0.368 e. The zero-order chi connectivity index (χ0) is 17.8. The predicted molar refractivity (Wildman–Crippen MR) is 101 cm³/mol. The van der Waals surface area contributed by atoms with E-state index in [0.29, 0.717) is 11.9 Å². The maximum atomic E-state index is 13.5. The number of nitrogens with one attached hydrogen (secondary N) is 1. The van der Waals surface area contributed by atoms with Gasteiger partial charge in [0.25, 0.3) is 0 Å². The maximum Gasteiger partial charge on any atom is 0.228 e. The summed E-state index contributed by atoms with van der Waals surface area (Å²) in [6, 6.07) is 8.63. The first-order chi connectivity index (χ1) is 12.0. The Bertz CT molecular complexity index is 703. The van der Waals surface area contributed by atoms with E-state index in [1.807, 2.05) is 0 Å². The summed E-state index contributed by atoms with van der Waals surface area (Å²) >= 11 is 3.46. The minimum absolute atomic E-state index is 0.0530. The molecule has 1 aromatic heterocycles. The number of hydrogen-bond acceptors (Lipinski definition) is 5. The van der Waals surface area contributed by atoms with Crippen molar-refractivity contribution >= 4 is 27.8 Å². The van der Waals surface area contributed by atoms with Crippen molar-refractivity contribution in [3.8, 4) is 0 Å². The highest BCUT2D eigenvalue weighted by atomic mass is 79.9. The van der Waals surface area contributed by atoms with Gasteiger partial charge in [0.2, 0.25) is 11.9 Å². The van der Waals surface area contributed by atoms with E-state index in [2.05, 4.69) is 60.5 Å². The van der Waals surface area contributed by atoms with Crippen molar-refractivity contribution in [2.45, 2.75) is 51.2 Å². The van der Waals surface area contributed by atoms with Crippen LogP contribution in [0.1, 0.15) is 50.2 Å². The number of halogens is 2. The molecule has 1 aliphatic rings. The van der Waals surface area contributed by atoms with E-state index in [1.165, 1.54) is 31.7 Å². The van der Waals surface area contributed by atoms with E-state index >= 15 is 0 Å². The number of aryl methyl sites for hydroxylation is 1. The zero-order valence-corrected chi connectivity index (χ0v) is 15.8. The average molecular weight is 408 g/mol. The molecule has 1 saturated carbocycles. The van der Waals surface area contributed by atoms with Crippen LogP contribution in [0.4, 0.5) is 16.3 Å². The fourth-order valence-corrected chi connectivity index (χ4v) is 3.32. The molecule has 1 unspecified atom stereocenters. The summed E-state index contributed by atoms with van der Waals surface area (Å²) in [7, 11) is 0. The van der Waals surface area contributed by atoms with Crippen molar-refractivity contribution in [1.82, 2.24) is 15.0 Å². The summed E-state index contributed by atoms with van der Waals surface area (Å²) in [6.45, 7) is 1.40. The quantitative estimate of drug-likeness (QED) is 0.708. The highest BCUT2D eigenvalue weighted by molar-refractivity contribution is 9.10. The van der Waals surface area contributed by atoms with Gasteiger partial charge in [-0.25, -0.2) is 4.39 Å². The molecule has 0 aliphatic heterocycles. The Balaban J connectivity index is 1.69. The van der Waals surface area contributed by atoms with Crippen molar-refractivity contribution in [2.75, 3.05) is 11.1 Å². The molecule has 3 N–H and O–H groups in total. The molecule has 0 saturated heterocycles. The number of nitrogen functional groups attached to an aromatic ring is 1. The van der Waals surface area contributed by atoms with E-state index in [9.17, 15) is 4.39 Å². The standard InChI is InChI=1S/C18H23BrFN5/c1-11(20)16-23-17(21)25-18(24-16)22-15(13-3-2-4-13)10-7-12-5-8-14(19)9-6-12/h5-6,8-9,11,13,15H,2-4,7,10H2,1H3,(H3,21,22,23,24,25)/t11?,15-/m0/s1. The number of anilines is 2. The first kappa shape index (κ1) is 18.0. The first-order valence-electron chi connectivity index (χ1n) is 8.68. The van der Waals surface area contributed by atoms with E-state index in [4.69, 9.17) is 5.73 Å². The first-order valence-corrected chi connectivity index (χ1v) is 9.47. The number of alkyl halides is 1. The third-order valence-corrected chi connectivity index (χ3v) is 5.25. The van der Waals surface area contributed by atoms with Crippen LogP contribution in [-0.2, 0) is 6.42 Å². The molecular weight excluding hydrogens is 385 g/mol. The van der Waals surface area contributed by atoms with Crippen LogP contribution < -0.4 is 11.1 Å². The minimum atomic E-state index is -1.27. The second-order valence-corrected chi connectivity index (χ2v) is 7.51. The number of nitrogens with zero attached hydrogens (tertiary/aromatic N) is 3. The van der Waals surface area contributed by atoms with Crippen LogP contribution in [0, 0.1) is 5.92 Å². The fourth-order valence-electron chi connectivity index (χ4n) is 3.06. The van der Waals surface area contributed by atoms with Crippen molar-refractivity contribution in [2.24, 2.45) is 5.92 Å². The third kappa shape index (κ3) is 4.87. The highest BCUT2D eigenvalue weighted by Gasteiger charge is 2.28. The van der Waals surface area contributed by atoms with Crippen molar-refractivity contribution in [3.63, 3.8) is 0 Å². The summed E-state index contributed by atoms with van der Waals surface area (Å²) in [4.78, 5) is 12.2. The molecule has 5 nitrogen and oxygen atoms in total. The monoisotopic (exact) mass is 407 g/mol. The van der Waals surface area contributed by atoms with Gasteiger partial charge in [-0.2, -0.15) is 15.0 Å². The lowest BCUT2D eigenvalue weighted by Crippen LogP contribution is -2.35. The second-order valence-electron chi connectivity index (χ2n) is 6.60. The molecule has 0 bridgehead atoms. The Labute approximate surface area is 155 Å². The average Bonchev–Trinajstić information content (AvgIpc) is 2.52. The molecule has 1 aliphatic carbocycles. The largest absolute Gasteiger partial charge is 0.368 e. The Kier molecular flexibility index (Phi) is 5.83. The molecular formula is C18H23BrFN5. The second kappa shape index (κ2) is 8.08. The van der Waals surface area contributed by atoms with Crippen LogP contribution in [0.5, 0.6) is 0 Å². The van der Waals surface area contributed by atoms with Gasteiger partial charge >= 0.3 is 0 Å². The number of nitrogens with two attached hydrogens (primary N) is 1. The number of hydrogen-bond donors (Lipinski definition) is 2. The molecule has 1 heterocycles. The van der Waals surface area contributed by atoms with Gasteiger partial charge in [-0.15, -0.1) is 0 Å². The van der Waals surface area contributed by atoms with Gasteiger partial charge in [0.15, 0.2) is 12.0 Å². The highest BCUT2D eigenvalue weighted by Crippen LogP contribution is 2.33. The van der Waals surface area contributed by atoms with Gasteiger partial charge in [0.05, 0.1) is 0 Å². The summed E-state index contributed by atoms with van der Waals surface area (Å²) in [6.07, 6.45) is 4.33. The molecule has 1 fully saturated rings. The van der Waals surface area contributed by atoms with E-state index in [1.54, 1.807) is 0 Å². The SMILES string of the molecule is CC(F)c1nc(N)nc(N[C@@H](CCc2ccc(Br)cc2)C2CCC2)n1. The lowest BCUT2D eigenvalue weighted by atomic mass is 9.78. The molecule has 0 amide bonds. The number of rotatable bonds is 7. The van der Waals surface area contributed by atoms with E-state index < -0.39 is 6.17 Å². The molecule has 25 heavy (non-hydrogen) atoms. The van der Waals surface area contributed by atoms with Gasteiger partial charge in [-0.05, 0) is 56.2 Å². The maximum absolute atomic E-state index is 13.5. The molecule has 2 aromatic rings. The van der Waals surface area contributed by atoms with Gasteiger partial charge in [-0.3, -0.25) is 0 Å². The van der Waals surface area contributed by atoms with Crippen LogP contribution in [0.25, 0.3) is 0 Å². The van der Waals surface area contributed by atoms with E-state index in [-0.39, 0.29) is 17.8 Å². The lowest BCUT2D eigenvalue weighted by Gasteiger charge is -2.34. The molecule has 3 rings (SSSR count). The van der Waals surface area contributed by atoms with Crippen LogP contribution in [0.3, 0.4) is 0 Å². The molecule has 0 spiro atoms. The van der Waals surface area contributed by atoms with Crippen LogP contribution >= 0.6 is 15.9 Å². The molecule has 0 radical (unpaired) electrons. The summed E-state index contributed by atoms with van der Waals surface area (Å²) in [5.41, 5.74) is 7.00. The van der Waals surface area contributed by atoms with Gasteiger partial charge in [0, 0.05) is 10.5 Å². The Morgan fingerprint density at radius 3 is 2.56 bits per heavy atom. The molecule has 7 heteroatoms. The normalized spacial score (nSPS) is 16.9. The van der Waals surface area contributed by atoms with Crippen molar-refractivity contribution in [3.05, 3.63) is 40.1 Å². The van der Waals surface area contributed by atoms with Crippen LogP contribution in [-0.4, -0.2) is 21.0 Å². The molecule has 1 aromatic carbocycles. The van der Waals surface area contributed by atoms with Crippen molar-refractivity contribution in [1.29, 1.82) is 0 Å². The summed E-state index contributed by atoms with van der Waals surface area (Å²) < 4.78 is 14.6. The fraction of sp³-hybridized carbons (Fsp3) is 0.500. The summed E-state index contributed by atoms with van der Waals surface area (Å²) in [5, 5.41) is 3.38. The summed E-state index contributed by atoms with van der Waals surface area (Å²) in [5.74, 6) is 1.10. The van der Waals surface area contributed by atoms with Crippen LogP contribution in [0.2, 0.25) is 0 Å². The van der Waals surface area contributed by atoms with Crippen LogP contribution in [0.15, 0.2) is 28.7 Å². The Morgan fingerprint density at radius 2 is 1.96 bits per heavy atom. The number of benzene rings is 1. The van der Waals surface area contributed by atoms with Gasteiger partial charge < -0.3 is 11.1 Å². The number of aromatic nitrogens is 3. The Morgan fingerprint density at radius 1 is 1.24 bits per heavy atom. The van der Waals surface area contributed by atoms with Gasteiger partial charge in [-0.1, -0.05) is 34.5 Å². The predicted octanol–water partition coefficient (Wildman–Crippen LogP) is 4.46. The smallest absolute Gasteiger partial charge is 0.228 e. The van der Waals surface area contributed by atoms with E-state index in [0.717, 1.165) is 17.3 Å². The third-order valence-electron chi connectivity index (χ3n) is 4.72. The Hall–Kier alpha value is -1.76. The molecule has 134 valence electrons. The molecule has 2 atom stereocenters. The lowest BCUT2D eigenvalue weighted by molar-refractivity contribution is 0.265.